The van der Waals surface area contributed by atoms with Gasteiger partial charge in [0.1, 0.15) is 34.4 Å². The number of benzene rings is 6. The molecule has 14 rings (SSSR count). The maximum Gasteiger partial charge on any atom is 0.573 e. The van der Waals surface area contributed by atoms with Gasteiger partial charge in [0.25, 0.3) is 0 Å². The van der Waals surface area contributed by atoms with Crippen molar-refractivity contribution in [3.05, 3.63) is 155 Å². The number of nitrogens with one attached hydrogen (secondary N) is 2. The molecule has 0 spiro atoms. The van der Waals surface area contributed by atoms with Crippen molar-refractivity contribution in [2.45, 2.75) is 149 Å². The third-order valence-electron chi connectivity index (χ3n) is 18.8. The van der Waals surface area contributed by atoms with Gasteiger partial charge in [-0.1, -0.05) is 71.0 Å². The number of hydrogen-bond acceptors (Lipinski definition) is 15. The summed E-state index contributed by atoms with van der Waals surface area (Å²) >= 11 is 0. The second kappa shape index (κ2) is 25.4. The van der Waals surface area contributed by atoms with Gasteiger partial charge in [-0.05, 0) is 172 Å². The maximum absolute atomic E-state index is 13.7. The summed E-state index contributed by atoms with van der Waals surface area (Å²) in [5.41, 5.74) is 2.51. The van der Waals surface area contributed by atoms with E-state index in [0.29, 0.717) is 75.4 Å². The van der Waals surface area contributed by atoms with Gasteiger partial charge in [0.05, 0.1) is 53.4 Å². The summed E-state index contributed by atoms with van der Waals surface area (Å²) in [5.74, 6) is -0.604. The van der Waals surface area contributed by atoms with Crippen molar-refractivity contribution in [2.24, 2.45) is 23.7 Å². The van der Waals surface area contributed by atoms with Crippen molar-refractivity contribution >= 4 is 53.5 Å². The number of alkyl halides is 6. The maximum atomic E-state index is 13.7. The summed E-state index contributed by atoms with van der Waals surface area (Å²) in [4.78, 5) is 23.6. The molecule has 4 atom stereocenters. The van der Waals surface area contributed by atoms with Gasteiger partial charge in [0.15, 0.2) is 0 Å². The number of ether oxygens (including phenoxy) is 5. The molecule has 3 N–H and O–H groups in total. The van der Waals surface area contributed by atoms with Crippen LogP contribution in [-0.2, 0) is 47.5 Å². The summed E-state index contributed by atoms with van der Waals surface area (Å²) in [5, 5.41) is 19.7. The lowest BCUT2D eigenvalue weighted by Crippen LogP contribution is -2.46. The van der Waals surface area contributed by atoms with Crippen LogP contribution in [0.2, 0.25) is 0 Å². The van der Waals surface area contributed by atoms with Crippen LogP contribution in [-0.4, -0.2) is 88.3 Å². The monoisotopic (exact) mass is 1330 g/mol. The fourth-order valence-corrected chi connectivity index (χ4v) is 17.5. The van der Waals surface area contributed by atoms with Crippen LogP contribution in [0.15, 0.2) is 140 Å². The van der Waals surface area contributed by atoms with E-state index < -0.39 is 44.7 Å². The Morgan fingerprint density at radius 2 is 0.935 bits per heavy atom. The molecule has 4 unspecified atom stereocenters. The van der Waals surface area contributed by atoms with Gasteiger partial charge in [-0.2, -0.15) is 0 Å². The minimum atomic E-state index is -4.87. The predicted molar refractivity (Wildman–Crippen MR) is 324 cm³/mol. The first-order valence-corrected chi connectivity index (χ1v) is 33.8. The molecule has 26 heteroatoms. The molecule has 0 amide bonds. The first-order chi connectivity index (χ1) is 44.5. The summed E-state index contributed by atoms with van der Waals surface area (Å²) in [6.45, 7) is 0.203. The number of halogens is 6. The smallest absolute Gasteiger partial charge is 0.478 e. The fraction of sp³-hybridized carbons (Fsp3) is 0.403. The Bertz CT molecular complexity index is 4350. The minimum Gasteiger partial charge on any atom is -0.478 e. The van der Waals surface area contributed by atoms with Gasteiger partial charge in [0.2, 0.25) is 20.0 Å². The van der Waals surface area contributed by atoms with Crippen LogP contribution < -0.4 is 18.9 Å². The fourth-order valence-electron chi connectivity index (χ4n) is 14.3. The molecular formula is C67H64F6N4O14S2. The van der Waals surface area contributed by atoms with E-state index >= 15 is 0 Å². The number of aromatic nitrogens is 2. The van der Waals surface area contributed by atoms with Gasteiger partial charge in [-0.15, -0.1) is 26.3 Å². The van der Waals surface area contributed by atoms with Gasteiger partial charge >= 0.3 is 24.7 Å². The van der Waals surface area contributed by atoms with E-state index in [2.05, 4.69) is 29.2 Å². The number of carbonyl (C=O) groups excluding carboxylic acids is 1. The Hall–Kier alpha value is -7.88. The standard InChI is InChI=1S/C34H33F3N2O7S.C33H31F3N2O7S/c1-43-33(40)23-13-14-25-20(15-23)5-4-8-29(25)47(41,42)39-30-21-11-12-22(30)17-24(16-21)44-18-27-31(38-46-32(27)19-9-10-19)26-6-2-3-7-28(26)45-34(35,36)37;34-33(35,36)44-27-6-2-1-5-25(27)30-26(31(45-37-30)18-8-9-18)17-43-23-15-20-10-11-21(16-23)29(20)38-46(41,42)28-7-3-4-19-14-22(32(39)40)12-13-24(19)28/h2-8,13-15,19,21-22,24,30,39H,9-12,16-18H2,1H3;1-7,12-14,18,20-21,23,29,38H,8-11,15-17H2,(H,39,40). The molecule has 2 heterocycles. The SMILES string of the molecule is COC(=O)c1ccc2c(S(=O)(=O)NC3C4CCC3CC(OCc3c(-c5ccccc5OC(F)(F)F)noc3C3CC3)C4)cccc2c1.O=C(O)c1ccc2c(S(=O)(=O)NC3C4CCC3CC(OCc3c(-c5ccccc5OC(F)(F)F)noc3C3CC3)C4)cccc2c1. The van der Waals surface area contributed by atoms with Gasteiger partial charge in [-0.3, -0.25) is 0 Å². The van der Waals surface area contributed by atoms with Gasteiger partial charge in [0, 0.05) is 56.9 Å². The lowest BCUT2D eigenvalue weighted by Gasteiger charge is -2.35. The van der Waals surface area contributed by atoms with E-state index in [-0.39, 0.29) is 122 Å². The Balaban J connectivity index is 0.000000169. The zero-order valence-electron chi connectivity index (χ0n) is 50.0. The van der Waals surface area contributed by atoms with Crippen molar-refractivity contribution in [1.29, 1.82) is 0 Å². The average molecular weight is 1330 g/mol. The highest BCUT2D eigenvalue weighted by Gasteiger charge is 2.48. The summed E-state index contributed by atoms with van der Waals surface area (Å²) in [6.07, 6.45) is -0.595. The molecule has 18 nitrogen and oxygen atoms in total. The highest BCUT2D eigenvalue weighted by Crippen LogP contribution is 2.50. The van der Waals surface area contributed by atoms with Crippen LogP contribution in [0.3, 0.4) is 0 Å². The zero-order chi connectivity index (χ0) is 65.1. The first kappa shape index (κ1) is 63.9. The van der Waals surface area contributed by atoms with E-state index in [1.165, 1.54) is 67.8 Å². The number of carboxylic acids is 1. The molecule has 4 bridgehead atoms. The Kier molecular flexibility index (Phi) is 17.5. The van der Waals surface area contributed by atoms with Crippen molar-refractivity contribution in [3.8, 4) is 34.0 Å². The Morgan fingerprint density at radius 3 is 1.32 bits per heavy atom. The third-order valence-corrected chi connectivity index (χ3v) is 21.9. The number of methoxy groups -OCH3 is 1. The van der Waals surface area contributed by atoms with E-state index in [1.54, 1.807) is 60.7 Å². The highest BCUT2D eigenvalue weighted by molar-refractivity contribution is 7.90. The highest BCUT2D eigenvalue weighted by atomic mass is 32.2. The predicted octanol–water partition coefficient (Wildman–Crippen LogP) is 14.1. The Morgan fingerprint density at radius 1 is 0.538 bits per heavy atom. The van der Waals surface area contributed by atoms with Crippen molar-refractivity contribution < 1.29 is 90.6 Å². The molecule has 2 aromatic heterocycles. The van der Waals surface area contributed by atoms with Crippen molar-refractivity contribution in [1.82, 2.24) is 19.8 Å². The quantitative estimate of drug-likeness (QED) is 0.0474. The zero-order valence-corrected chi connectivity index (χ0v) is 51.6. The number of rotatable bonds is 20. The van der Waals surface area contributed by atoms with Crippen molar-refractivity contribution in [2.75, 3.05) is 7.11 Å². The molecule has 6 aliphatic carbocycles. The van der Waals surface area contributed by atoms with Gasteiger partial charge < -0.3 is 37.8 Å². The van der Waals surface area contributed by atoms with Crippen LogP contribution in [0.4, 0.5) is 26.3 Å². The first-order valence-electron chi connectivity index (χ1n) is 30.8. The molecule has 93 heavy (non-hydrogen) atoms. The van der Waals surface area contributed by atoms with Crippen LogP contribution in [0.25, 0.3) is 44.1 Å². The van der Waals surface area contributed by atoms with Crippen LogP contribution in [0.1, 0.15) is 132 Å². The molecule has 6 fully saturated rings. The van der Waals surface area contributed by atoms with Crippen LogP contribution in [0, 0.1) is 23.7 Å². The number of para-hydroxylation sites is 2. The van der Waals surface area contributed by atoms with Crippen LogP contribution in [0.5, 0.6) is 11.5 Å². The summed E-state index contributed by atoms with van der Waals surface area (Å²) in [6, 6.07) is 30.1. The third kappa shape index (κ3) is 13.9. The molecule has 6 aromatic carbocycles. The molecule has 0 aliphatic heterocycles. The van der Waals surface area contributed by atoms with E-state index in [9.17, 15) is 57.9 Å². The topological polar surface area (TPSA) is 245 Å². The normalized spacial score (nSPS) is 23.0. The number of aromatic carboxylic acids is 1. The molecule has 8 aromatic rings. The number of carboxylic acid groups (broad SMARTS) is 1. The number of nitrogens with zero attached hydrogens (tertiary/aromatic N) is 2. The Labute approximate surface area is 530 Å². The summed E-state index contributed by atoms with van der Waals surface area (Å²) in [7, 11) is -6.53. The van der Waals surface area contributed by atoms with E-state index in [1.807, 2.05) is 0 Å². The molecule has 6 saturated carbocycles. The number of fused-ring (bicyclic) bond motifs is 6. The lowest BCUT2D eigenvalue weighted by molar-refractivity contribution is -0.275. The molecule has 6 aliphatic rings. The minimum absolute atomic E-state index is 0.0397. The number of esters is 1. The molecular weight excluding hydrogens is 1260 g/mol. The van der Waals surface area contributed by atoms with Crippen molar-refractivity contribution in [3.63, 3.8) is 0 Å². The second-order valence-corrected chi connectivity index (χ2v) is 28.2. The number of sulfonamides is 2. The largest absolute Gasteiger partial charge is 0.573 e. The lowest BCUT2D eigenvalue weighted by atomic mass is 9.83. The second-order valence-electron chi connectivity index (χ2n) is 24.9. The van der Waals surface area contributed by atoms with Crippen LogP contribution >= 0.6 is 0 Å². The molecule has 0 radical (unpaired) electrons. The van der Waals surface area contributed by atoms with E-state index in [0.717, 1.165) is 51.4 Å². The summed E-state index contributed by atoms with van der Waals surface area (Å²) < 4.78 is 177. The molecule has 490 valence electrons. The average Bonchev–Trinajstić information content (AvgIpc) is 1.79. The van der Waals surface area contributed by atoms with E-state index in [4.69, 9.17) is 23.3 Å². The number of carbonyl (C=O) groups is 2. The van der Waals surface area contributed by atoms with Gasteiger partial charge in [-0.25, -0.2) is 35.9 Å². The molecule has 0 saturated heterocycles. The number of hydrogen-bond donors (Lipinski definition) is 3.